The van der Waals surface area contributed by atoms with E-state index in [0.717, 1.165) is 6.42 Å². The predicted molar refractivity (Wildman–Crippen MR) is 219 cm³/mol. The van der Waals surface area contributed by atoms with Crippen molar-refractivity contribution in [2.24, 2.45) is 17.8 Å². The molecule has 1 fully saturated rings. The van der Waals surface area contributed by atoms with Crippen LogP contribution >= 0.6 is 12.6 Å². The lowest BCUT2D eigenvalue weighted by molar-refractivity contribution is -0.146. The summed E-state index contributed by atoms with van der Waals surface area (Å²) in [5, 5.41) is 16.5. The Bertz CT molecular complexity index is 1430. The van der Waals surface area contributed by atoms with Crippen molar-refractivity contribution < 1.29 is 43.3 Å². The number of amides is 5. The van der Waals surface area contributed by atoms with Crippen LogP contribution in [-0.2, 0) is 33.4 Å². The van der Waals surface area contributed by atoms with E-state index in [0.29, 0.717) is 24.9 Å². The molecule has 0 bridgehead atoms. The molecule has 56 heavy (non-hydrogen) atoms. The number of hydrogen-bond donors (Lipinski definition) is 4. The Labute approximate surface area is 340 Å². The predicted octanol–water partition coefficient (Wildman–Crippen LogP) is 4.06. The van der Waals surface area contributed by atoms with Gasteiger partial charge in [0, 0.05) is 39.6 Å². The van der Waals surface area contributed by atoms with Gasteiger partial charge in [-0.05, 0) is 51.0 Å². The minimum atomic E-state index is -0.894. The van der Waals surface area contributed by atoms with Crippen LogP contribution in [0, 0.1) is 17.8 Å². The summed E-state index contributed by atoms with van der Waals surface area (Å²) in [6.07, 6.45) is -0.795. The number of hydrogen-bond acceptors (Lipinski definition) is 10. The number of carbonyl (C=O) groups is 5. The zero-order chi connectivity index (χ0) is 42.5. The molecule has 1 aliphatic rings. The maximum atomic E-state index is 14.1. The summed E-state index contributed by atoms with van der Waals surface area (Å²) in [7, 11) is 6.17. The van der Waals surface area contributed by atoms with Crippen LogP contribution in [0.1, 0.15) is 92.7 Å². The number of methoxy groups -OCH3 is 2. The number of benzene rings is 1. The van der Waals surface area contributed by atoms with Gasteiger partial charge in [-0.25, -0.2) is 4.79 Å². The third kappa shape index (κ3) is 13.6. The standard InChI is InChI=1S/C41H69N5O9S/c1-13-26(4)35(44(9)33(48)23-42-39(51)34(25(2)3)45(10)40(52)55-24-41(7,8)56)31(53-11)22-32(47)46-21-17-20-30(46)37(54-12)27(5)38(50)43-28(6)36(49)29-18-15-14-16-19-29/h14-16,18-19,25-28,30-31,34-37,49,56H,13,17,20-24H2,1-12H3,(H,42,51)(H,43,50). The van der Waals surface area contributed by atoms with Gasteiger partial charge in [0.25, 0.3) is 0 Å². The monoisotopic (exact) mass is 807 g/mol. The van der Waals surface area contributed by atoms with Gasteiger partial charge in [0.05, 0.1) is 55.3 Å². The second kappa shape index (κ2) is 22.5. The molecule has 1 heterocycles. The van der Waals surface area contributed by atoms with Crippen LogP contribution in [0.15, 0.2) is 30.3 Å². The minimum Gasteiger partial charge on any atom is -0.448 e. The highest BCUT2D eigenvalue weighted by Crippen LogP contribution is 2.30. The lowest BCUT2D eigenvalue weighted by Crippen LogP contribution is -2.56. The van der Waals surface area contributed by atoms with Crippen molar-refractivity contribution in [1.82, 2.24) is 25.3 Å². The topological polar surface area (TPSA) is 167 Å². The van der Waals surface area contributed by atoms with Gasteiger partial charge in [-0.2, -0.15) is 12.6 Å². The molecule has 318 valence electrons. The van der Waals surface area contributed by atoms with Gasteiger partial charge < -0.3 is 39.8 Å². The molecule has 9 unspecified atom stereocenters. The summed E-state index contributed by atoms with van der Waals surface area (Å²) in [6, 6.07) is 6.80. The first-order valence-corrected chi connectivity index (χ1v) is 20.2. The molecule has 15 heteroatoms. The second-order valence-corrected chi connectivity index (χ2v) is 17.4. The third-order valence-electron chi connectivity index (χ3n) is 10.9. The van der Waals surface area contributed by atoms with Crippen molar-refractivity contribution >= 4 is 42.4 Å². The Morgan fingerprint density at radius 1 is 0.982 bits per heavy atom. The Balaban J connectivity index is 2.15. The number of nitrogens with one attached hydrogen (secondary N) is 2. The molecule has 2 rings (SSSR count). The van der Waals surface area contributed by atoms with E-state index in [2.05, 4.69) is 23.3 Å². The van der Waals surface area contributed by atoms with E-state index in [1.165, 1.54) is 31.1 Å². The molecular weight excluding hydrogens is 739 g/mol. The van der Waals surface area contributed by atoms with Crippen molar-refractivity contribution in [2.75, 3.05) is 48.0 Å². The SMILES string of the molecule is CCC(C)C(C(CC(=O)N1CCCC1C(OC)C(C)C(=O)NC(C)C(O)c1ccccc1)OC)N(C)C(=O)CNC(=O)C(C(C)C)N(C)C(=O)OCC(C)(C)S. The average Bonchev–Trinajstić information content (AvgIpc) is 3.64. The molecular formula is C41H69N5O9S. The summed E-state index contributed by atoms with van der Waals surface area (Å²) in [5.74, 6) is -2.33. The molecule has 9 atom stereocenters. The highest BCUT2D eigenvalue weighted by Gasteiger charge is 2.42. The molecule has 1 aromatic carbocycles. The molecule has 14 nitrogen and oxygen atoms in total. The molecule has 0 saturated carbocycles. The smallest absolute Gasteiger partial charge is 0.410 e. The van der Waals surface area contributed by atoms with Crippen LogP contribution in [0.3, 0.4) is 0 Å². The Morgan fingerprint density at radius 2 is 1.61 bits per heavy atom. The largest absolute Gasteiger partial charge is 0.448 e. The molecule has 1 aromatic rings. The quantitative estimate of drug-likeness (QED) is 0.134. The van der Waals surface area contributed by atoms with Gasteiger partial charge in [-0.15, -0.1) is 0 Å². The Morgan fingerprint density at radius 3 is 2.14 bits per heavy atom. The van der Waals surface area contributed by atoms with Gasteiger partial charge >= 0.3 is 6.09 Å². The van der Waals surface area contributed by atoms with E-state index in [4.69, 9.17) is 14.2 Å². The van der Waals surface area contributed by atoms with Crippen LogP contribution in [0.25, 0.3) is 0 Å². The fourth-order valence-electron chi connectivity index (χ4n) is 7.47. The summed E-state index contributed by atoms with van der Waals surface area (Å²) in [4.78, 5) is 71.9. The third-order valence-corrected chi connectivity index (χ3v) is 11.0. The fraction of sp³-hybridized carbons (Fsp3) is 0.732. The fourth-order valence-corrected chi connectivity index (χ4v) is 7.54. The zero-order valence-electron chi connectivity index (χ0n) is 35.6. The van der Waals surface area contributed by atoms with E-state index >= 15 is 0 Å². The summed E-state index contributed by atoms with van der Waals surface area (Å²) in [6.45, 7) is 14.9. The maximum absolute atomic E-state index is 14.1. The summed E-state index contributed by atoms with van der Waals surface area (Å²) < 4.78 is 16.6. The van der Waals surface area contributed by atoms with E-state index in [-0.39, 0.29) is 55.2 Å². The number of nitrogens with zero attached hydrogens (tertiary/aromatic N) is 3. The van der Waals surface area contributed by atoms with Gasteiger partial charge in [-0.1, -0.05) is 71.4 Å². The molecule has 1 saturated heterocycles. The van der Waals surface area contributed by atoms with Crippen LogP contribution in [-0.4, -0.2) is 139 Å². The van der Waals surface area contributed by atoms with E-state index < -0.39 is 59.1 Å². The molecule has 1 aliphatic heterocycles. The van der Waals surface area contributed by atoms with Crippen molar-refractivity contribution in [1.29, 1.82) is 0 Å². The van der Waals surface area contributed by atoms with Gasteiger partial charge in [-0.3, -0.25) is 24.1 Å². The van der Waals surface area contributed by atoms with Crippen molar-refractivity contribution in [3.8, 4) is 0 Å². The number of thiol groups is 1. The molecule has 0 aliphatic carbocycles. The Kier molecular flexibility index (Phi) is 19.6. The summed E-state index contributed by atoms with van der Waals surface area (Å²) in [5.41, 5.74) is 0.695. The molecule has 5 amide bonds. The molecule has 3 N–H and O–H groups in total. The number of aliphatic hydroxyl groups is 1. The average molecular weight is 808 g/mol. The first-order valence-electron chi connectivity index (χ1n) is 19.7. The van der Waals surface area contributed by atoms with Crippen LogP contribution in [0.5, 0.6) is 0 Å². The van der Waals surface area contributed by atoms with Crippen molar-refractivity contribution in [3.63, 3.8) is 0 Å². The normalized spacial score (nSPS) is 18.8. The highest BCUT2D eigenvalue weighted by atomic mass is 32.1. The first-order chi connectivity index (χ1) is 26.2. The van der Waals surface area contributed by atoms with E-state index in [1.54, 1.807) is 65.6 Å². The minimum absolute atomic E-state index is 0.0191. The molecule has 0 aromatic heterocycles. The van der Waals surface area contributed by atoms with Crippen LogP contribution in [0.4, 0.5) is 4.79 Å². The number of likely N-dealkylation sites (N-methyl/N-ethyl adjacent to an activating group) is 2. The zero-order valence-corrected chi connectivity index (χ0v) is 36.5. The molecule has 0 spiro atoms. The van der Waals surface area contributed by atoms with E-state index in [1.807, 2.05) is 32.0 Å². The van der Waals surface area contributed by atoms with Gasteiger partial charge in [0.1, 0.15) is 12.6 Å². The van der Waals surface area contributed by atoms with Gasteiger partial charge in [0.15, 0.2) is 0 Å². The van der Waals surface area contributed by atoms with Crippen LogP contribution in [0.2, 0.25) is 0 Å². The number of likely N-dealkylation sites (tertiary alicyclic amines) is 1. The number of aliphatic hydroxyl groups excluding tert-OH is 1. The molecule has 0 radical (unpaired) electrons. The van der Waals surface area contributed by atoms with Crippen molar-refractivity contribution in [2.45, 2.75) is 128 Å². The maximum Gasteiger partial charge on any atom is 0.410 e. The van der Waals surface area contributed by atoms with Crippen molar-refractivity contribution in [3.05, 3.63) is 35.9 Å². The summed E-state index contributed by atoms with van der Waals surface area (Å²) >= 11 is 4.39. The van der Waals surface area contributed by atoms with Gasteiger partial charge in [0.2, 0.25) is 23.6 Å². The number of rotatable bonds is 21. The van der Waals surface area contributed by atoms with Crippen LogP contribution < -0.4 is 10.6 Å². The van der Waals surface area contributed by atoms with E-state index in [9.17, 15) is 29.1 Å². The highest BCUT2D eigenvalue weighted by molar-refractivity contribution is 7.81. The number of ether oxygens (including phenoxy) is 3. The second-order valence-electron chi connectivity index (χ2n) is 16.2. The number of carbonyl (C=O) groups excluding carboxylic acids is 5. The lowest BCUT2D eigenvalue weighted by atomic mass is 9.90. The Hall–Kier alpha value is -3.40. The lowest BCUT2D eigenvalue weighted by Gasteiger charge is -2.39. The first kappa shape index (κ1) is 48.7.